The summed E-state index contributed by atoms with van der Waals surface area (Å²) in [5.41, 5.74) is 8.02. The van der Waals surface area contributed by atoms with Gasteiger partial charge < -0.3 is 34.0 Å². The SMILES string of the molecule is Brc1cccc2c1C(c1ccccc1)[C-]=C2.[Br-].[Br-].[C-]1=Cc2c3cccc2C1c1cccc(c1)S3.[Zr+4]. The Labute approximate surface area is 260 Å². The first-order valence-electron chi connectivity index (χ1n) is 10.7. The molecule has 0 nitrogen and oxygen atoms in total. The molecule has 0 saturated heterocycles. The van der Waals surface area contributed by atoms with Gasteiger partial charge in [0, 0.05) is 9.37 Å². The molecule has 35 heavy (non-hydrogen) atoms. The maximum Gasteiger partial charge on any atom is 4.00 e. The summed E-state index contributed by atoms with van der Waals surface area (Å²) in [4.78, 5) is 2.68. The first-order valence-corrected chi connectivity index (χ1v) is 12.3. The number of rotatable bonds is 1. The molecule has 6 bridgehead atoms. The third kappa shape index (κ3) is 5.65. The molecule has 0 radical (unpaired) electrons. The molecule has 2 atom stereocenters. The van der Waals surface area contributed by atoms with Crippen molar-refractivity contribution < 1.29 is 60.2 Å². The average Bonchev–Trinajstić information content (AvgIpc) is 3.47. The van der Waals surface area contributed by atoms with E-state index in [-0.39, 0.29) is 66.1 Å². The van der Waals surface area contributed by atoms with Crippen LogP contribution in [0.15, 0.2) is 105 Å². The molecule has 2 unspecified atom stereocenters. The molecule has 4 aromatic rings. The first kappa shape index (κ1) is 28.6. The van der Waals surface area contributed by atoms with Crippen LogP contribution in [-0.4, -0.2) is 0 Å². The Bertz CT molecular complexity index is 1380. The second-order valence-electron chi connectivity index (χ2n) is 8.08. The van der Waals surface area contributed by atoms with Crippen LogP contribution >= 0.6 is 27.7 Å². The fourth-order valence-corrected chi connectivity index (χ4v) is 6.26. The molecule has 0 saturated carbocycles. The zero-order valence-electron chi connectivity index (χ0n) is 18.5. The quantitative estimate of drug-likeness (QED) is 0.271. The molecule has 1 heterocycles. The fraction of sp³-hybridized carbons (Fsp3) is 0.0667. The summed E-state index contributed by atoms with van der Waals surface area (Å²) in [6, 6.07) is 32.2. The number of hydrogen-bond donors (Lipinski definition) is 0. The summed E-state index contributed by atoms with van der Waals surface area (Å²) in [5, 5.41) is 0. The Kier molecular flexibility index (Phi) is 10.2. The van der Waals surface area contributed by atoms with E-state index in [9.17, 15) is 0 Å². The van der Waals surface area contributed by atoms with Gasteiger partial charge in [-0.05, 0) is 12.1 Å². The van der Waals surface area contributed by atoms with Gasteiger partial charge in [0.2, 0.25) is 0 Å². The molecule has 2 aliphatic carbocycles. The molecule has 5 heteroatoms. The molecule has 7 rings (SSSR count). The Balaban J connectivity index is 0.000000180. The summed E-state index contributed by atoms with van der Waals surface area (Å²) < 4.78 is 1.17. The normalized spacial score (nSPS) is 16.8. The maximum atomic E-state index is 3.62. The van der Waals surface area contributed by atoms with Crippen molar-refractivity contribution in [1.82, 2.24) is 0 Å². The van der Waals surface area contributed by atoms with Gasteiger partial charge in [0.15, 0.2) is 0 Å². The molecule has 3 aliphatic rings. The molecular weight excluding hydrogens is 723 g/mol. The van der Waals surface area contributed by atoms with E-state index in [1.165, 1.54) is 47.6 Å². The summed E-state index contributed by atoms with van der Waals surface area (Å²) in [6.45, 7) is 0. The third-order valence-corrected chi connectivity index (χ3v) is 7.90. The minimum Gasteiger partial charge on any atom is -1.00 e. The van der Waals surface area contributed by atoms with Gasteiger partial charge in [-0.3, -0.25) is 12.2 Å². The Morgan fingerprint density at radius 3 is 2.23 bits per heavy atom. The molecule has 4 aromatic carbocycles. The van der Waals surface area contributed by atoms with E-state index >= 15 is 0 Å². The van der Waals surface area contributed by atoms with Crippen LogP contribution < -0.4 is 34.0 Å². The van der Waals surface area contributed by atoms with E-state index < -0.39 is 0 Å². The minimum atomic E-state index is 0. The second kappa shape index (κ2) is 12.5. The van der Waals surface area contributed by atoms with Crippen molar-refractivity contribution in [1.29, 1.82) is 0 Å². The molecule has 0 spiro atoms. The largest absolute Gasteiger partial charge is 4.00 e. The van der Waals surface area contributed by atoms with Crippen LogP contribution in [0.5, 0.6) is 0 Å². The van der Waals surface area contributed by atoms with Crippen molar-refractivity contribution in [2.45, 2.75) is 21.6 Å². The van der Waals surface area contributed by atoms with Gasteiger partial charge >= 0.3 is 26.2 Å². The molecule has 0 amide bonds. The van der Waals surface area contributed by atoms with E-state index in [2.05, 4.69) is 125 Å². The van der Waals surface area contributed by atoms with Gasteiger partial charge in [0.05, 0.1) is 0 Å². The van der Waals surface area contributed by atoms with E-state index in [4.69, 9.17) is 0 Å². The van der Waals surface area contributed by atoms with Crippen LogP contribution in [0.2, 0.25) is 0 Å². The van der Waals surface area contributed by atoms with Gasteiger partial charge in [-0.25, -0.2) is 12.2 Å². The third-order valence-electron chi connectivity index (χ3n) is 6.14. The Morgan fingerprint density at radius 1 is 0.686 bits per heavy atom. The standard InChI is InChI=1S/C15H10Br.C15H9S.2BrH.Zr/c16-14-8-4-7-12-9-10-13(15(12)14)11-5-2-1-3-6-11;1-3-10-9-11(4-1)16-15-6-2-5-13-12(10)7-8-14(13)15;;;/h1-9,13H;1-6,8-9,12H;2*1H;/q2*-1;;;+4/p-2. The zero-order chi connectivity index (χ0) is 21.5. The van der Waals surface area contributed by atoms with Crippen LogP contribution in [0.1, 0.15) is 45.2 Å². The molecule has 170 valence electrons. The fourth-order valence-electron chi connectivity index (χ4n) is 4.62. The zero-order valence-corrected chi connectivity index (χ0v) is 26.5. The van der Waals surface area contributed by atoms with E-state index in [0.717, 1.165) is 0 Å². The van der Waals surface area contributed by atoms with E-state index in [1.807, 2.05) is 17.8 Å². The maximum absolute atomic E-state index is 3.62. The Morgan fingerprint density at radius 2 is 1.40 bits per heavy atom. The van der Waals surface area contributed by atoms with Crippen molar-refractivity contribution in [3.63, 3.8) is 0 Å². The number of halogens is 3. The average molecular weight is 742 g/mol. The van der Waals surface area contributed by atoms with Gasteiger partial charge in [-0.1, -0.05) is 117 Å². The van der Waals surface area contributed by atoms with Gasteiger partial charge in [-0.15, -0.1) is 29.0 Å². The van der Waals surface area contributed by atoms with Crippen molar-refractivity contribution in [3.05, 3.63) is 141 Å². The number of allylic oxidation sites excluding steroid dienone is 2. The minimum absolute atomic E-state index is 0. The van der Waals surface area contributed by atoms with Gasteiger partial charge in [0.1, 0.15) is 0 Å². The summed E-state index contributed by atoms with van der Waals surface area (Å²) in [5.74, 6) is 0.613. The van der Waals surface area contributed by atoms with E-state index in [0.29, 0.717) is 5.92 Å². The smallest absolute Gasteiger partial charge is 1.00 e. The predicted octanol–water partition coefficient (Wildman–Crippen LogP) is 2.53. The monoisotopic (exact) mass is 738 g/mol. The van der Waals surface area contributed by atoms with Crippen molar-refractivity contribution in [2.24, 2.45) is 0 Å². The van der Waals surface area contributed by atoms with Crippen molar-refractivity contribution in [3.8, 4) is 0 Å². The molecule has 0 fully saturated rings. The predicted molar refractivity (Wildman–Crippen MR) is 137 cm³/mol. The van der Waals surface area contributed by atoms with Crippen LogP contribution in [0.4, 0.5) is 0 Å². The van der Waals surface area contributed by atoms with Crippen molar-refractivity contribution in [2.75, 3.05) is 0 Å². The molecular formula is C30H19Br3SZr. The molecule has 0 N–H and O–H groups in total. The topological polar surface area (TPSA) is 0 Å². The summed E-state index contributed by atoms with van der Waals surface area (Å²) >= 11 is 5.47. The van der Waals surface area contributed by atoms with Gasteiger partial charge in [0.25, 0.3) is 0 Å². The van der Waals surface area contributed by atoms with Crippen LogP contribution in [0.3, 0.4) is 0 Å². The molecule has 0 aromatic heterocycles. The number of hydrogen-bond acceptors (Lipinski definition) is 1. The summed E-state index contributed by atoms with van der Waals surface area (Å²) in [7, 11) is 0. The van der Waals surface area contributed by atoms with Crippen LogP contribution in [0, 0.1) is 12.2 Å². The second-order valence-corrected chi connectivity index (χ2v) is 10.0. The number of benzene rings is 4. The van der Waals surface area contributed by atoms with E-state index in [1.54, 1.807) is 0 Å². The van der Waals surface area contributed by atoms with Gasteiger partial charge in [-0.2, -0.15) is 11.1 Å². The summed E-state index contributed by atoms with van der Waals surface area (Å²) in [6.07, 6.45) is 11.1. The van der Waals surface area contributed by atoms with Crippen molar-refractivity contribution >= 4 is 39.8 Å². The first-order chi connectivity index (χ1) is 15.8. The van der Waals surface area contributed by atoms with Crippen LogP contribution in [-0.2, 0) is 26.2 Å². The Hall–Kier alpha value is -0.967. The van der Waals surface area contributed by atoms with Crippen LogP contribution in [0.25, 0.3) is 12.2 Å². The number of fused-ring (bicyclic) bond motifs is 4. The molecule has 1 aliphatic heterocycles.